The molecule has 2 unspecified atom stereocenters. The number of nitrogens with one attached hydrogen (secondary N) is 1. The lowest BCUT2D eigenvalue weighted by molar-refractivity contribution is 0.0762. The Balaban J connectivity index is 2.07. The molecule has 1 aliphatic carbocycles. The average molecular weight is 155 g/mol. The Hall–Kier alpha value is -0.0800. The molecule has 1 aliphatic heterocycles. The molecule has 64 valence electrons. The van der Waals surface area contributed by atoms with Crippen molar-refractivity contribution in [1.82, 2.24) is 5.32 Å². The summed E-state index contributed by atoms with van der Waals surface area (Å²) in [6, 6.07) is 0. The van der Waals surface area contributed by atoms with Crippen molar-refractivity contribution in [3.8, 4) is 0 Å². The minimum Gasteiger partial charge on any atom is -0.384 e. The fraction of sp³-hybridized carbons (Fsp3) is 1.00. The van der Waals surface area contributed by atoms with Gasteiger partial charge in [0.15, 0.2) is 0 Å². The fourth-order valence-electron chi connectivity index (χ4n) is 2.79. The van der Waals surface area contributed by atoms with Crippen molar-refractivity contribution in [2.45, 2.75) is 19.3 Å². The maximum atomic E-state index is 5.29. The SMILES string of the molecule is COCC12CCCC1CNC2. The van der Waals surface area contributed by atoms with Crippen molar-refractivity contribution < 1.29 is 4.74 Å². The summed E-state index contributed by atoms with van der Waals surface area (Å²) in [4.78, 5) is 0. The van der Waals surface area contributed by atoms with E-state index >= 15 is 0 Å². The molecule has 1 heterocycles. The molecule has 11 heavy (non-hydrogen) atoms. The van der Waals surface area contributed by atoms with E-state index in [9.17, 15) is 0 Å². The van der Waals surface area contributed by atoms with Crippen LogP contribution in [0.4, 0.5) is 0 Å². The minimum absolute atomic E-state index is 0.523. The third kappa shape index (κ3) is 1.09. The van der Waals surface area contributed by atoms with E-state index in [0.717, 1.165) is 12.5 Å². The van der Waals surface area contributed by atoms with Gasteiger partial charge < -0.3 is 10.1 Å². The van der Waals surface area contributed by atoms with Crippen LogP contribution in [0.5, 0.6) is 0 Å². The van der Waals surface area contributed by atoms with E-state index in [1.54, 1.807) is 0 Å². The van der Waals surface area contributed by atoms with Gasteiger partial charge >= 0.3 is 0 Å². The smallest absolute Gasteiger partial charge is 0.0533 e. The predicted molar refractivity (Wildman–Crippen MR) is 44.5 cm³/mol. The third-order valence-electron chi connectivity index (χ3n) is 3.39. The van der Waals surface area contributed by atoms with Crippen LogP contribution in [0.3, 0.4) is 0 Å². The van der Waals surface area contributed by atoms with Crippen molar-refractivity contribution in [2.24, 2.45) is 11.3 Å². The first-order valence-corrected chi connectivity index (χ1v) is 4.57. The molecule has 1 saturated carbocycles. The first-order valence-electron chi connectivity index (χ1n) is 4.57. The van der Waals surface area contributed by atoms with Crippen LogP contribution in [-0.4, -0.2) is 26.8 Å². The highest BCUT2D eigenvalue weighted by Gasteiger charge is 2.45. The van der Waals surface area contributed by atoms with Gasteiger partial charge in [0.1, 0.15) is 0 Å². The van der Waals surface area contributed by atoms with E-state index in [-0.39, 0.29) is 0 Å². The Morgan fingerprint density at radius 1 is 1.64 bits per heavy atom. The monoisotopic (exact) mass is 155 g/mol. The van der Waals surface area contributed by atoms with Crippen LogP contribution in [0.25, 0.3) is 0 Å². The maximum Gasteiger partial charge on any atom is 0.0533 e. The molecular weight excluding hydrogens is 138 g/mol. The van der Waals surface area contributed by atoms with Crippen molar-refractivity contribution >= 4 is 0 Å². The second-order valence-electron chi connectivity index (χ2n) is 4.02. The lowest BCUT2D eigenvalue weighted by Gasteiger charge is -2.26. The zero-order valence-electron chi connectivity index (χ0n) is 7.23. The molecule has 0 aromatic rings. The first-order chi connectivity index (χ1) is 5.37. The third-order valence-corrected chi connectivity index (χ3v) is 3.39. The highest BCUT2D eigenvalue weighted by Crippen LogP contribution is 2.45. The van der Waals surface area contributed by atoms with Crippen molar-refractivity contribution in [2.75, 3.05) is 26.8 Å². The number of hydrogen-bond acceptors (Lipinski definition) is 2. The molecule has 2 rings (SSSR count). The lowest BCUT2D eigenvalue weighted by Crippen LogP contribution is -2.30. The average Bonchev–Trinajstić information content (AvgIpc) is 2.45. The molecule has 0 bridgehead atoms. The number of rotatable bonds is 2. The highest BCUT2D eigenvalue weighted by molar-refractivity contribution is 4.98. The first kappa shape index (κ1) is 7.56. The summed E-state index contributed by atoms with van der Waals surface area (Å²) in [6.07, 6.45) is 4.20. The van der Waals surface area contributed by atoms with Gasteiger partial charge in [0, 0.05) is 19.1 Å². The molecular formula is C9H17NO. The number of fused-ring (bicyclic) bond motifs is 1. The number of hydrogen-bond donors (Lipinski definition) is 1. The Labute approximate surface area is 68.3 Å². The Morgan fingerprint density at radius 3 is 3.36 bits per heavy atom. The topological polar surface area (TPSA) is 21.3 Å². The van der Waals surface area contributed by atoms with Crippen LogP contribution in [-0.2, 0) is 4.74 Å². The highest BCUT2D eigenvalue weighted by atomic mass is 16.5. The Morgan fingerprint density at radius 2 is 2.55 bits per heavy atom. The molecule has 2 aliphatic rings. The van der Waals surface area contributed by atoms with Gasteiger partial charge in [-0.3, -0.25) is 0 Å². The zero-order valence-corrected chi connectivity index (χ0v) is 7.23. The number of methoxy groups -OCH3 is 1. The lowest BCUT2D eigenvalue weighted by atomic mass is 9.82. The second kappa shape index (κ2) is 2.76. The van der Waals surface area contributed by atoms with Gasteiger partial charge in [0.2, 0.25) is 0 Å². The van der Waals surface area contributed by atoms with Gasteiger partial charge in [-0.05, 0) is 25.3 Å². The van der Waals surface area contributed by atoms with Crippen LogP contribution in [0.1, 0.15) is 19.3 Å². The van der Waals surface area contributed by atoms with Gasteiger partial charge in [0.05, 0.1) is 6.61 Å². The molecule has 1 saturated heterocycles. The summed E-state index contributed by atoms with van der Waals surface area (Å²) >= 11 is 0. The van der Waals surface area contributed by atoms with Crippen LogP contribution in [0.2, 0.25) is 0 Å². The normalized spacial score (nSPS) is 42.8. The van der Waals surface area contributed by atoms with Crippen LogP contribution >= 0.6 is 0 Å². The van der Waals surface area contributed by atoms with Gasteiger partial charge in [-0.15, -0.1) is 0 Å². The van der Waals surface area contributed by atoms with Crippen molar-refractivity contribution in [3.05, 3.63) is 0 Å². The summed E-state index contributed by atoms with van der Waals surface area (Å²) in [5.74, 6) is 0.905. The molecule has 2 atom stereocenters. The zero-order chi connectivity index (χ0) is 7.73. The maximum absolute atomic E-state index is 5.29. The number of ether oxygens (including phenoxy) is 1. The largest absolute Gasteiger partial charge is 0.384 e. The Bertz CT molecular complexity index is 136. The fourth-order valence-corrected chi connectivity index (χ4v) is 2.79. The van der Waals surface area contributed by atoms with E-state index in [1.165, 1.54) is 32.4 Å². The van der Waals surface area contributed by atoms with Gasteiger partial charge in [-0.2, -0.15) is 0 Å². The van der Waals surface area contributed by atoms with Gasteiger partial charge in [0.25, 0.3) is 0 Å². The summed E-state index contributed by atoms with van der Waals surface area (Å²) in [5.41, 5.74) is 0.523. The van der Waals surface area contributed by atoms with Crippen LogP contribution in [0, 0.1) is 11.3 Å². The van der Waals surface area contributed by atoms with E-state index in [4.69, 9.17) is 4.74 Å². The molecule has 0 amide bonds. The van der Waals surface area contributed by atoms with Gasteiger partial charge in [-0.1, -0.05) is 6.42 Å². The predicted octanol–water partition coefficient (Wildman–Crippen LogP) is 1.02. The minimum atomic E-state index is 0.523. The molecule has 0 aromatic heterocycles. The molecule has 0 radical (unpaired) electrons. The van der Waals surface area contributed by atoms with Crippen molar-refractivity contribution in [3.63, 3.8) is 0 Å². The summed E-state index contributed by atoms with van der Waals surface area (Å²) < 4.78 is 5.29. The van der Waals surface area contributed by atoms with E-state index in [0.29, 0.717) is 5.41 Å². The molecule has 2 nitrogen and oxygen atoms in total. The summed E-state index contributed by atoms with van der Waals surface area (Å²) in [6.45, 7) is 3.37. The standard InChI is InChI=1S/C9H17NO/c1-11-7-9-4-2-3-8(9)5-10-6-9/h8,10H,2-7H2,1H3. The molecule has 0 aromatic carbocycles. The van der Waals surface area contributed by atoms with Crippen molar-refractivity contribution in [1.29, 1.82) is 0 Å². The molecule has 2 fully saturated rings. The Kier molecular flexibility index (Phi) is 1.90. The van der Waals surface area contributed by atoms with Gasteiger partial charge in [-0.25, -0.2) is 0 Å². The van der Waals surface area contributed by atoms with Crippen LogP contribution < -0.4 is 5.32 Å². The second-order valence-corrected chi connectivity index (χ2v) is 4.02. The van der Waals surface area contributed by atoms with E-state index in [2.05, 4.69) is 5.32 Å². The van der Waals surface area contributed by atoms with E-state index < -0.39 is 0 Å². The van der Waals surface area contributed by atoms with E-state index in [1.807, 2.05) is 7.11 Å². The van der Waals surface area contributed by atoms with Crippen LogP contribution in [0.15, 0.2) is 0 Å². The molecule has 2 heteroatoms. The summed E-state index contributed by atoms with van der Waals surface area (Å²) in [5, 5.41) is 3.47. The molecule has 0 spiro atoms. The summed E-state index contributed by atoms with van der Waals surface area (Å²) in [7, 11) is 1.82. The molecule has 1 N–H and O–H groups in total. The quantitative estimate of drug-likeness (QED) is 0.643.